The summed E-state index contributed by atoms with van der Waals surface area (Å²) in [6.45, 7) is 15.2. The molecule has 1 unspecified atom stereocenters. The molecule has 2 saturated heterocycles. The van der Waals surface area contributed by atoms with Gasteiger partial charge >= 0.3 is 0 Å². The number of amides is 3. The highest BCUT2D eigenvalue weighted by molar-refractivity contribution is 7.81. The molecule has 430 valence electrons. The molecule has 0 N–H and O–H groups in total. The molecule has 79 heavy (non-hydrogen) atoms. The van der Waals surface area contributed by atoms with Crippen LogP contribution in [0.15, 0.2) is 75.7 Å². The molecule has 3 amide bonds. The highest BCUT2D eigenvalue weighted by Gasteiger charge is 2.36. The van der Waals surface area contributed by atoms with Crippen molar-refractivity contribution in [2.45, 2.75) is 77.0 Å². The number of ether oxygens (including phenoxy) is 10. The van der Waals surface area contributed by atoms with Crippen molar-refractivity contribution in [2.24, 2.45) is 9.98 Å². The van der Waals surface area contributed by atoms with Crippen LogP contribution < -0.4 is 23.8 Å². The van der Waals surface area contributed by atoms with Crippen molar-refractivity contribution >= 4 is 59.8 Å². The third-order valence-corrected chi connectivity index (χ3v) is 13.9. The van der Waals surface area contributed by atoms with Crippen molar-refractivity contribution in [1.29, 1.82) is 0 Å². The van der Waals surface area contributed by atoms with E-state index < -0.39 is 0 Å². The van der Waals surface area contributed by atoms with E-state index >= 15 is 0 Å². The number of rotatable bonds is 32. The number of methoxy groups -OCH3 is 3. The van der Waals surface area contributed by atoms with Gasteiger partial charge in [0.2, 0.25) is 5.91 Å². The number of benzene rings is 3. The second-order valence-corrected chi connectivity index (χ2v) is 21.6. The number of hydrogen-bond acceptors (Lipinski definition) is 17. The number of anilines is 1. The zero-order valence-electron chi connectivity index (χ0n) is 47.3. The Balaban J connectivity index is 1.12. The zero-order valence-corrected chi connectivity index (χ0v) is 48.2. The third-order valence-electron chi connectivity index (χ3n) is 13.8. The van der Waals surface area contributed by atoms with Gasteiger partial charge in [0.05, 0.1) is 128 Å². The van der Waals surface area contributed by atoms with E-state index in [1.165, 1.54) is 25.4 Å². The Morgan fingerprint density at radius 2 is 1.09 bits per heavy atom. The Morgan fingerprint density at radius 1 is 0.633 bits per heavy atom. The Hall–Kier alpha value is -5.84. The van der Waals surface area contributed by atoms with Gasteiger partial charge in [-0.2, -0.15) is 12.6 Å². The maximum Gasteiger partial charge on any atom is 0.257 e. The standard InChI is InChI=1S/C59H80N6O13S/c1-9-41-26-46-34-60-50-32-54(52(70-7)30-48(50)57(67)64(46)36-41)77-38-43-25-44(39-78-55-33-51-49(31-53(55)71-8)58(68)65-37-42(10-2)27-47(65)35-61-51)29-45(28-43)63(13-16-74-21-20-73-15-12-62(5)40-59(3,4)79)56(66)11-14-72-19-22-76-24-23-75-18-17-69-6/h9-10,25,28-35,46-47,79H,11-24,26-27,36-40H2,1-8H3/b41-9+,42-10+/t46-,47?/m0/s1. The molecule has 20 heteroatoms. The van der Waals surface area contributed by atoms with E-state index in [0.717, 1.165) is 25.9 Å². The number of fused-ring (bicyclic) bond motifs is 4. The first kappa shape index (κ1) is 60.8. The fourth-order valence-electron chi connectivity index (χ4n) is 9.73. The number of nitrogens with zero attached hydrogens (tertiary/aromatic N) is 6. The van der Waals surface area contributed by atoms with E-state index in [0.29, 0.717) is 135 Å². The number of aliphatic imine (C=N–C) groups is 2. The molecular weight excluding hydrogens is 1030 g/mol. The predicted molar refractivity (Wildman–Crippen MR) is 307 cm³/mol. The third kappa shape index (κ3) is 17.3. The molecule has 0 spiro atoms. The van der Waals surface area contributed by atoms with Gasteiger partial charge in [-0.25, -0.2) is 0 Å². The second-order valence-electron chi connectivity index (χ2n) is 20.4. The normalized spacial score (nSPS) is 17.7. The van der Waals surface area contributed by atoms with E-state index in [1.807, 2.05) is 61.3 Å². The lowest BCUT2D eigenvalue weighted by atomic mass is 10.1. The van der Waals surface area contributed by atoms with E-state index in [4.69, 9.17) is 57.4 Å². The number of hydrogen-bond donors (Lipinski definition) is 1. The van der Waals surface area contributed by atoms with Gasteiger partial charge in [0.25, 0.3) is 11.8 Å². The largest absolute Gasteiger partial charge is 0.493 e. The van der Waals surface area contributed by atoms with Crippen molar-refractivity contribution in [3.63, 3.8) is 0 Å². The lowest BCUT2D eigenvalue weighted by Gasteiger charge is -2.25. The van der Waals surface area contributed by atoms with Crippen LogP contribution in [0.1, 0.15) is 78.8 Å². The highest BCUT2D eigenvalue weighted by atomic mass is 32.1. The van der Waals surface area contributed by atoms with Crippen molar-refractivity contribution < 1.29 is 61.8 Å². The summed E-state index contributed by atoms with van der Waals surface area (Å²) in [6, 6.07) is 12.3. The fourth-order valence-corrected chi connectivity index (χ4v) is 9.97. The summed E-state index contributed by atoms with van der Waals surface area (Å²) < 4.78 is 58.6. The molecule has 0 aromatic heterocycles. The molecule has 0 bridgehead atoms. The number of carbonyl (C=O) groups excluding carboxylic acids is 3. The van der Waals surface area contributed by atoms with Crippen LogP contribution in [0, 0.1) is 0 Å². The van der Waals surface area contributed by atoms with Crippen LogP contribution >= 0.6 is 12.6 Å². The summed E-state index contributed by atoms with van der Waals surface area (Å²) >= 11 is 4.64. The summed E-state index contributed by atoms with van der Waals surface area (Å²) in [5.74, 6) is 1.08. The molecule has 7 rings (SSSR count). The van der Waals surface area contributed by atoms with Gasteiger partial charge in [-0.1, -0.05) is 23.3 Å². The van der Waals surface area contributed by atoms with Gasteiger partial charge in [-0.05, 0) is 89.0 Å². The first-order valence-electron chi connectivity index (χ1n) is 27.1. The fraction of sp³-hybridized carbons (Fsp3) is 0.542. The monoisotopic (exact) mass is 1110 g/mol. The average molecular weight is 1110 g/mol. The summed E-state index contributed by atoms with van der Waals surface area (Å²) in [4.78, 5) is 59.3. The molecule has 2 atom stereocenters. The second kappa shape index (κ2) is 30.1. The molecule has 4 aliphatic rings. The number of carbonyl (C=O) groups is 3. The minimum atomic E-state index is -0.193. The van der Waals surface area contributed by atoms with E-state index in [9.17, 15) is 14.4 Å². The van der Waals surface area contributed by atoms with Gasteiger partial charge in [0, 0.05) is 74.8 Å². The Morgan fingerprint density at radius 3 is 1.54 bits per heavy atom. The predicted octanol–water partition coefficient (Wildman–Crippen LogP) is 7.71. The lowest BCUT2D eigenvalue weighted by Crippen LogP contribution is -2.35. The highest BCUT2D eigenvalue weighted by Crippen LogP contribution is 2.41. The van der Waals surface area contributed by atoms with E-state index in [2.05, 4.69) is 43.5 Å². The minimum Gasteiger partial charge on any atom is -0.493 e. The van der Waals surface area contributed by atoms with Crippen LogP contribution in [0.3, 0.4) is 0 Å². The van der Waals surface area contributed by atoms with Crippen molar-refractivity contribution in [3.8, 4) is 23.0 Å². The maximum atomic E-state index is 14.4. The lowest BCUT2D eigenvalue weighted by molar-refractivity contribution is -0.120. The number of thiol groups is 1. The molecule has 19 nitrogen and oxygen atoms in total. The van der Waals surface area contributed by atoms with Gasteiger partial charge in [0.15, 0.2) is 23.0 Å². The molecule has 0 saturated carbocycles. The molecule has 0 aliphatic carbocycles. The van der Waals surface area contributed by atoms with Crippen LogP contribution in [0.25, 0.3) is 0 Å². The average Bonchev–Trinajstić information content (AvgIpc) is 4.22. The van der Waals surface area contributed by atoms with Gasteiger partial charge in [-0.3, -0.25) is 24.4 Å². The summed E-state index contributed by atoms with van der Waals surface area (Å²) in [6.07, 6.45) is 9.30. The Kier molecular flexibility index (Phi) is 23.2. The minimum absolute atomic E-state index is 0.0374. The van der Waals surface area contributed by atoms with Crippen molar-refractivity contribution in [2.75, 3.05) is 139 Å². The van der Waals surface area contributed by atoms with Gasteiger partial charge in [-0.15, -0.1) is 0 Å². The summed E-state index contributed by atoms with van der Waals surface area (Å²) in [5.41, 5.74) is 6.18. The number of allylic oxidation sites excluding steroid dienone is 2. The van der Waals surface area contributed by atoms with Crippen molar-refractivity contribution in [3.05, 3.63) is 88.0 Å². The molecule has 3 aromatic carbocycles. The van der Waals surface area contributed by atoms with Crippen LogP contribution in [-0.2, 0) is 46.4 Å². The molecule has 2 fully saturated rings. The molecule has 0 radical (unpaired) electrons. The first-order valence-corrected chi connectivity index (χ1v) is 27.6. The first-order chi connectivity index (χ1) is 38.2. The molecule has 4 aliphatic heterocycles. The van der Waals surface area contributed by atoms with Gasteiger partial charge < -0.3 is 67.0 Å². The van der Waals surface area contributed by atoms with E-state index in [1.54, 1.807) is 36.3 Å². The van der Waals surface area contributed by atoms with Crippen LogP contribution in [0.5, 0.6) is 23.0 Å². The smallest absolute Gasteiger partial charge is 0.257 e. The molecular formula is C59H80N6O13S. The van der Waals surface area contributed by atoms with Crippen molar-refractivity contribution in [1.82, 2.24) is 14.7 Å². The summed E-state index contributed by atoms with van der Waals surface area (Å²) in [7, 11) is 6.73. The van der Waals surface area contributed by atoms with Gasteiger partial charge in [0.1, 0.15) is 13.2 Å². The number of likely N-dealkylation sites (N-methyl/N-ethyl adjacent to an activating group) is 1. The topological polar surface area (TPSA) is 181 Å². The van der Waals surface area contributed by atoms with E-state index in [-0.39, 0.29) is 73.9 Å². The zero-order chi connectivity index (χ0) is 56.3. The SMILES string of the molecule is C/C=C1\CC2C=Nc3cc(OCc4cc(COc5cc6c(cc5OC)C(=O)N5C/C(=C/C)C[C@H]5C=N6)cc(N(CCOCCOCCN(C)CC(C)(C)S)C(=O)CCOCCOCCOCCOC)c4)c(OC)cc3C(=O)N2C1. The maximum absolute atomic E-state index is 14.4. The van der Waals surface area contributed by atoms with Crippen LogP contribution in [0.4, 0.5) is 17.1 Å². The van der Waals surface area contributed by atoms with Crippen LogP contribution in [0.2, 0.25) is 0 Å². The quantitative estimate of drug-likeness (QED) is 0.0365. The Bertz CT molecular complexity index is 2540. The Labute approximate surface area is 471 Å². The summed E-state index contributed by atoms with van der Waals surface area (Å²) in [5, 5.41) is 0. The molecule has 4 heterocycles. The van der Waals surface area contributed by atoms with Crippen LogP contribution in [-0.4, -0.2) is 195 Å². The molecule has 3 aromatic rings.